The second-order valence-corrected chi connectivity index (χ2v) is 7.82. The van der Waals surface area contributed by atoms with E-state index in [1.54, 1.807) is 0 Å². The van der Waals surface area contributed by atoms with Crippen LogP contribution in [-0.4, -0.2) is 55.5 Å². The SMILES string of the molecule is CCCOC1CCCN(CC2(N)C3CCOC3C2(C)C)C1. The molecule has 3 rings (SSSR count). The normalized spacial score (nSPS) is 42.6. The topological polar surface area (TPSA) is 47.7 Å². The number of hydrogen-bond donors (Lipinski definition) is 1. The molecule has 0 aromatic carbocycles. The maximum absolute atomic E-state index is 6.88. The van der Waals surface area contributed by atoms with E-state index in [1.165, 1.54) is 19.4 Å². The maximum atomic E-state index is 6.88. The number of ether oxygens (including phenoxy) is 2. The highest BCUT2D eigenvalue weighted by molar-refractivity contribution is 5.21. The summed E-state index contributed by atoms with van der Waals surface area (Å²) in [5, 5.41) is 0. The van der Waals surface area contributed by atoms with Gasteiger partial charge in [0.1, 0.15) is 0 Å². The van der Waals surface area contributed by atoms with Crippen LogP contribution in [0.25, 0.3) is 0 Å². The molecule has 0 amide bonds. The van der Waals surface area contributed by atoms with Crippen LogP contribution in [0.5, 0.6) is 0 Å². The van der Waals surface area contributed by atoms with Gasteiger partial charge in [-0.3, -0.25) is 4.90 Å². The Morgan fingerprint density at radius 1 is 1.33 bits per heavy atom. The van der Waals surface area contributed by atoms with Crippen molar-refractivity contribution in [1.82, 2.24) is 4.90 Å². The Morgan fingerprint density at radius 3 is 2.90 bits per heavy atom. The predicted molar refractivity (Wildman–Crippen MR) is 84.3 cm³/mol. The van der Waals surface area contributed by atoms with E-state index < -0.39 is 0 Å². The van der Waals surface area contributed by atoms with E-state index in [2.05, 4.69) is 25.7 Å². The smallest absolute Gasteiger partial charge is 0.0702 e. The van der Waals surface area contributed by atoms with Gasteiger partial charge in [-0.05, 0) is 32.2 Å². The Morgan fingerprint density at radius 2 is 2.14 bits per heavy atom. The largest absolute Gasteiger partial charge is 0.377 e. The van der Waals surface area contributed by atoms with Gasteiger partial charge < -0.3 is 15.2 Å². The van der Waals surface area contributed by atoms with Crippen LogP contribution in [0.1, 0.15) is 46.5 Å². The summed E-state index contributed by atoms with van der Waals surface area (Å²) in [4.78, 5) is 2.54. The third-order valence-electron chi connectivity index (χ3n) is 6.17. The van der Waals surface area contributed by atoms with Crippen LogP contribution in [0.2, 0.25) is 0 Å². The second-order valence-electron chi connectivity index (χ2n) is 7.82. The molecule has 21 heavy (non-hydrogen) atoms. The predicted octanol–water partition coefficient (Wildman–Crippen LogP) is 2.02. The number of likely N-dealkylation sites (tertiary alicyclic amines) is 1. The van der Waals surface area contributed by atoms with Gasteiger partial charge in [-0.2, -0.15) is 0 Å². The number of piperidine rings is 1. The van der Waals surface area contributed by atoms with Crippen molar-refractivity contribution in [2.75, 3.05) is 32.8 Å². The fraction of sp³-hybridized carbons (Fsp3) is 1.00. The average molecular weight is 296 g/mol. The summed E-state index contributed by atoms with van der Waals surface area (Å²) in [5.74, 6) is 0.546. The minimum atomic E-state index is -0.0964. The van der Waals surface area contributed by atoms with Crippen molar-refractivity contribution in [3.8, 4) is 0 Å². The van der Waals surface area contributed by atoms with Gasteiger partial charge in [0.2, 0.25) is 0 Å². The fourth-order valence-electron chi connectivity index (χ4n) is 4.74. The summed E-state index contributed by atoms with van der Waals surface area (Å²) in [6.07, 6.45) is 5.45. The van der Waals surface area contributed by atoms with Crippen LogP contribution in [0.3, 0.4) is 0 Å². The summed E-state index contributed by atoms with van der Waals surface area (Å²) >= 11 is 0. The van der Waals surface area contributed by atoms with Crippen LogP contribution in [0.4, 0.5) is 0 Å². The third kappa shape index (κ3) is 2.54. The van der Waals surface area contributed by atoms with Crippen molar-refractivity contribution >= 4 is 0 Å². The molecule has 4 nitrogen and oxygen atoms in total. The van der Waals surface area contributed by atoms with Crippen LogP contribution >= 0.6 is 0 Å². The minimum absolute atomic E-state index is 0.0887. The van der Waals surface area contributed by atoms with Crippen molar-refractivity contribution in [1.29, 1.82) is 0 Å². The first-order valence-electron chi connectivity index (χ1n) is 8.73. The highest BCUT2D eigenvalue weighted by atomic mass is 16.5. The summed E-state index contributed by atoms with van der Waals surface area (Å²) in [5.41, 5.74) is 6.87. The monoisotopic (exact) mass is 296 g/mol. The first-order chi connectivity index (χ1) is 9.99. The maximum Gasteiger partial charge on any atom is 0.0702 e. The molecule has 4 atom stereocenters. The summed E-state index contributed by atoms with van der Waals surface area (Å²) in [7, 11) is 0. The average Bonchev–Trinajstić information content (AvgIpc) is 2.94. The van der Waals surface area contributed by atoms with Crippen molar-refractivity contribution in [2.45, 2.75) is 64.2 Å². The summed E-state index contributed by atoms with van der Waals surface area (Å²) in [6, 6.07) is 0. The molecule has 122 valence electrons. The van der Waals surface area contributed by atoms with Crippen molar-refractivity contribution in [3.63, 3.8) is 0 Å². The zero-order valence-electron chi connectivity index (χ0n) is 13.9. The van der Waals surface area contributed by atoms with E-state index in [1.807, 2.05) is 0 Å². The standard InChI is InChI=1S/C17H32N2O2/c1-4-9-20-13-6-5-8-19(11-13)12-17(18)14-7-10-21-15(14)16(17,2)3/h13-15H,4-12,18H2,1-3H3. The molecule has 0 aromatic heterocycles. The quantitative estimate of drug-likeness (QED) is 0.843. The van der Waals surface area contributed by atoms with E-state index in [-0.39, 0.29) is 11.0 Å². The molecule has 4 heteroatoms. The zero-order valence-corrected chi connectivity index (χ0v) is 13.9. The van der Waals surface area contributed by atoms with Gasteiger partial charge in [-0.25, -0.2) is 0 Å². The Bertz CT molecular complexity index is 374. The Balaban J connectivity index is 1.60. The van der Waals surface area contributed by atoms with Gasteiger partial charge in [0.25, 0.3) is 0 Å². The van der Waals surface area contributed by atoms with Crippen LogP contribution < -0.4 is 5.73 Å². The second kappa shape index (κ2) is 5.80. The minimum Gasteiger partial charge on any atom is -0.377 e. The zero-order chi connectivity index (χ0) is 15.1. The Kier molecular flexibility index (Phi) is 4.34. The highest BCUT2D eigenvalue weighted by Gasteiger charge is 2.67. The molecule has 0 radical (unpaired) electrons. The lowest BCUT2D eigenvalue weighted by molar-refractivity contribution is -0.166. The van der Waals surface area contributed by atoms with Crippen molar-refractivity contribution in [3.05, 3.63) is 0 Å². The molecular weight excluding hydrogens is 264 g/mol. The lowest BCUT2D eigenvalue weighted by Crippen LogP contribution is -2.78. The van der Waals surface area contributed by atoms with E-state index in [0.29, 0.717) is 18.1 Å². The molecule has 1 saturated carbocycles. The number of nitrogens with two attached hydrogens (primary N) is 1. The lowest BCUT2D eigenvalue weighted by atomic mass is 9.48. The van der Waals surface area contributed by atoms with Crippen LogP contribution in [-0.2, 0) is 9.47 Å². The van der Waals surface area contributed by atoms with Gasteiger partial charge in [-0.15, -0.1) is 0 Å². The molecule has 4 unspecified atom stereocenters. The molecule has 0 aromatic rings. The number of fused-ring (bicyclic) bond motifs is 1. The molecule has 2 N–H and O–H groups in total. The molecule has 3 aliphatic rings. The first kappa shape index (κ1) is 15.7. The number of hydrogen-bond acceptors (Lipinski definition) is 4. The molecule has 0 bridgehead atoms. The Hall–Kier alpha value is -0.160. The lowest BCUT2D eigenvalue weighted by Gasteiger charge is -2.63. The van der Waals surface area contributed by atoms with Gasteiger partial charge in [0.15, 0.2) is 0 Å². The number of rotatable bonds is 5. The first-order valence-corrected chi connectivity index (χ1v) is 8.73. The molecule has 1 aliphatic carbocycles. The van der Waals surface area contributed by atoms with E-state index in [0.717, 1.165) is 39.1 Å². The molecular formula is C17H32N2O2. The van der Waals surface area contributed by atoms with E-state index in [4.69, 9.17) is 15.2 Å². The van der Waals surface area contributed by atoms with Gasteiger partial charge in [0.05, 0.1) is 12.2 Å². The molecule has 2 heterocycles. The summed E-state index contributed by atoms with van der Waals surface area (Å²) < 4.78 is 11.9. The van der Waals surface area contributed by atoms with E-state index >= 15 is 0 Å². The van der Waals surface area contributed by atoms with Gasteiger partial charge in [0, 0.05) is 43.2 Å². The summed E-state index contributed by atoms with van der Waals surface area (Å²) in [6.45, 7) is 11.7. The fourth-order valence-corrected chi connectivity index (χ4v) is 4.74. The Labute approximate surface area is 129 Å². The third-order valence-corrected chi connectivity index (χ3v) is 6.17. The van der Waals surface area contributed by atoms with Gasteiger partial charge >= 0.3 is 0 Å². The van der Waals surface area contributed by atoms with Crippen molar-refractivity contribution in [2.24, 2.45) is 17.1 Å². The molecule has 2 aliphatic heterocycles. The van der Waals surface area contributed by atoms with E-state index in [9.17, 15) is 0 Å². The molecule has 3 fully saturated rings. The van der Waals surface area contributed by atoms with Crippen LogP contribution in [0.15, 0.2) is 0 Å². The molecule has 0 spiro atoms. The van der Waals surface area contributed by atoms with Crippen LogP contribution in [0, 0.1) is 11.3 Å². The van der Waals surface area contributed by atoms with Gasteiger partial charge in [-0.1, -0.05) is 20.8 Å². The molecule has 2 saturated heterocycles. The highest BCUT2D eigenvalue weighted by Crippen LogP contribution is 2.58. The van der Waals surface area contributed by atoms with Crippen molar-refractivity contribution < 1.29 is 9.47 Å². The number of nitrogens with zero attached hydrogens (tertiary/aromatic N) is 1.